The molecular formula is C21H19F2N3O. The number of fused-ring (bicyclic) bond motifs is 1. The number of rotatable bonds is 3. The molecule has 0 saturated carbocycles. The zero-order chi connectivity index (χ0) is 19.0. The molecule has 4 nitrogen and oxygen atoms in total. The number of halogens is 2. The van der Waals surface area contributed by atoms with Gasteiger partial charge in [-0.3, -0.25) is 14.7 Å². The first-order valence-corrected chi connectivity index (χ1v) is 8.84. The van der Waals surface area contributed by atoms with Crippen LogP contribution in [0.1, 0.15) is 22.7 Å². The van der Waals surface area contributed by atoms with Crippen LogP contribution in [0.2, 0.25) is 0 Å². The highest BCUT2D eigenvalue weighted by Crippen LogP contribution is 2.29. The summed E-state index contributed by atoms with van der Waals surface area (Å²) < 4.78 is 27.6. The molecule has 1 N–H and O–H groups in total. The SMILES string of the molecule is Cc1cc(F)ccc1C1C(=O)NCCN1Cc1cc(F)cc2cccnc12. The van der Waals surface area contributed by atoms with Crippen molar-refractivity contribution in [1.29, 1.82) is 0 Å². The standard InChI is InChI=1S/C21H19F2N3O/c1-13-9-16(22)4-5-18(13)20-21(27)25-7-8-26(20)12-15-11-17(23)10-14-3-2-6-24-19(14)15/h2-6,9-11,20H,7-8,12H2,1H3,(H,25,27). The zero-order valence-electron chi connectivity index (χ0n) is 14.9. The molecule has 1 aromatic heterocycles. The van der Waals surface area contributed by atoms with Gasteiger partial charge in [-0.1, -0.05) is 12.1 Å². The summed E-state index contributed by atoms with van der Waals surface area (Å²) in [6.45, 7) is 3.28. The minimum atomic E-state index is -0.554. The predicted molar refractivity (Wildman–Crippen MR) is 99.0 cm³/mol. The van der Waals surface area contributed by atoms with Gasteiger partial charge in [0.05, 0.1) is 5.52 Å². The lowest BCUT2D eigenvalue weighted by molar-refractivity contribution is -0.129. The molecule has 4 rings (SSSR count). The number of nitrogens with zero attached hydrogens (tertiary/aromatic N) is 2. The molecule has 1 fully saturated rings. The third kappa shape index (κ3) is 3.40. The van der Waals surface area contributed by atoms with Gasteiger partial charge in [-0.2, -0.15) is 0 Å². The van der Waals surface area contributed by atoms with E-state index >= 15 is 0 Å². The largest absolute Gasteiger partial charge is 0.353 e. The zero-order valence-corrected chi connectivity index (χ0v) is 14.9. The van der Waals surface area contributed by atoms with E-state index in [1.165, 1.54) is 24.3 Å². The van der Waals surface area contributed by atoms with Crippen LogP contribution in [0.15, 0.2) is 48.7 Å². The highest BCUT2D eigenvalue weighted by Gasteiger charge is 2.32. The smallest absolute Gasteiger partial charge is 0.242 e. The lowest BCUT2D eigenvalue weighted by Gasteiger charge is -2.36. The van der Waals surface area contributed by atoms with Crippen LogP contribution in [-0.2, 0) is 11.3 Å². The number of nitrogens with one attached hydrogen (secondary N) is 1. The van der Waals surface area contributed by atoms with Crippen LogP contribution in [0.4, 0.5) is 8.78 Å². The Hall–Kier alpha value is -2.86. The van der Waals surface area contributed by atoms with Crippen molar-refractivity contribution in [1.82, 2.24) is 15.2 Å². The van der Waals surface area contributed by atoms with E-state index < -0.39 is 6.04 Å². The molecule has 1 amide bonds. The third-order valence-electron chi connectivity index (χ3n) is 4.96. The molecule has 1 aliphatic heterocycles. The van der Waals surface area contributed by atoms with Gasteiger partial charge in [0, 0.05) is 31.2 Å². The van der Waals surface area contributed by atoms with E-state index in [0.717, 1.165) is 22.0 Å². The van der Waals surface area contributed by atoms with Crippen LogP contribution in [0.3, 0.4) is 0 Å². The predicted octanol–water partition coefficient (Wildman–Crippen LogP) is 3.49. The maximum atomic E-state index is 14.1. The van der Waals surface area contributed by atoms with Gasteiger partial charge in [0.2, 0.25) is 5.91 Å². The van der Waals surface area contributed by atoms with Crippen LogP contribution in [0, 0.1) is 18.6 Å². The molecule has 0 bridgehead atoms. The molecule has 1 atom stereocenters. The fourth-order valence-corrected chi connectivity index (χ4v) is 3.74. The minimum Gasteiger partial charge on any atom is -0.353 e. The average Bonchev–Trinajstić information content (AvgIpc) is 2.63. The van der Waals surface area contributed by atoms with Gasteiger partial charge in [-0.15, -0.1) is 0 Å². The number of aromatic nitrogens is 1. The number of aryl methyl sites for hydroxylation is 1. The molecular weight excluding hydrogens is 348 g/mol. The van der Waals surface area contributed by atoms with E-state index in [-0.39, 0.29) is 17.5 Å². The lowest BCUT2D eigenvalue weighted by Crippen LogP contribution is -2.49. The van der Waals surface area contributed by atoms with E-state index in [2.05, 4.69) is 10.3 Å². The van der Waals surface area contributed by atoms with Crippen molar-refractivity contribution in [3.8, 4) is 0 Å². The fourth-order valence-electron chi connectivity index (χ4n) is 3.74. The lowest BCUT2D eigenvalue weighted by atomic mass is 9.96. The molecule has 2 aromatic carbocycles. The van der Waals surface area contributed by atoms with Gasteiger partial charge in [0.15, 0.2) is 0 Å². The van der Waals surface area contributed by atoms with Crippen LogP contribution in [-0.4, -0.2) is 28.9 Å². The molecule has 1 saturated heterocycles. The molecule has 1 aliphatic rings. The summed E-state index contributed by atoms with van der Waals surface area (Å²) in [6, 6.07) is 10.4. The first-order valence-electron chi connectivity index (χ1n) is 8.84. The second kappa shape index (κ2) is 7.04. The summed E-state index contributed by atoms with van der Waals surface area (Å²) in [7, 11) is 0. The highest BCUT2D eigenvalue weighted by molar-refractivity contribution is 5.85. The number of carbonyl (C=O) groups is 1. The second-order valence-corrected chi connectivity index (χ2v) is 6.80. The fraction of sp³-hybridized carbons (Fsp3) is 0.238. The van der Waals surface area contributed by atoms with Gasteiger partial charge in [0.25, 0.3) is 0 Å². The first kappa shape index (κ1) is 17.5. The van der Waals surface area contributed by atoms with Crippen molar-refractivity contribution >= 4 is 16.8 Å². The molecule has 0 aliphatic carbocycles. The minimum absolute atomic E-state index is 0.135. The molecule has 6 heteroatoms. The maximum Gasteiger partial charge on any atom is 0.242 e. The average molecular weight is 367 g/mol. The topological polar surface area (TPSA) is 45.2 Å². The quantitative estimate of drug-likeness (QED) is 0.771. The van der Waals surface area contributed by atoms with E-state index in [4.69, 9.17) is 0 Å². The monoisotopic (exact) mass is 367 g/mol. The number of pyridine rings is 1. The van der Waals surface area contributed by atoms with Crippen molar-refractivity contribution in [2.45, 2.75) is 19.5 Å². The number of hydrogen-bond donors (Lipinski definition) is 1. The maximum absolute atomic E-state index is 14.1. The van der Waals surface area contributed by atoms with Crippen molar-refractivity contribution in [3.63, 3.8) is 0 Å². The molecule has 0 spiro atoms. The Morgan fingerprint density at radius 2 is 2.04 bits per heavy atom. The van der Waals surface area contributed by atoms with Crippen molar-refractivity contribution < 1.29 is 13.6 Å². The van der Waals surface area contributed by atoms with E-state index in [1.54, 1.807) is 25.3 Å². The molecule has 138 valence electrons. The summed E-state index contributed by atoms with van der Waals surface area (Å²) in [6.07, 6.45) is 1.67. The molecule has 0 radical (unpaired) electrons. The van der Waals surface area contributed by atoms with E-state index in [9.17, 15) is 13.6 Å². The van der Waals surface area contributed by atoms with Crippen LogP contribution in [0.25, 0.3) is 10.9 Å². The van der Waals surface area contributed by atoms with Crippen molar-refractivity contribution in [2.75, 3.05) is 13.1 Å². The van der Waals surface area contributed by atoms with Crippen LogP contribution in [0.5, 0.6) is 0 Å². The Bertz CT molecular complexity index is 1020. The molecule has 3 aromatic rings. The second-order valence-electron chi connectivity index (χ2n) is 6.80. The van der Waals surface area contributed by atoms with E-state index in [0.29, 0.717) is 25.2 Å². The summed E-state index contributed by atoms with van der Waals surface area (Å²) in [4.78, 5) is 19.0. The van der Waals surface area contributed by atoms with Gasteiger partial charge in [0.1, 0.15) is 17.7 Å². The molecule has 2 heterocycles. The number of hydrogen-bond acceptors (Lipinski definition) is 3. The Labute approximate surface area is 155 Å². The highest BCUT2D eigenvalue weighted by atomic mass is 19.1. The normalized spacial score (nSPS) is 17.9. The summed E-state index contributed by atoms with van der Waals surface area (Å²) in [5.74, 6) is -0.801. The van der Waals surface area contributed by atoms with Crippen LogP contribution >= 0.6 is 0 Å². The molecule has 27 heavy (non-hydrogen) atoms. The Balaban J connectivity index is 1.74. The van der Waals surface area contributed by atoms with Gasteiger partial charge < -0.3 is 5.32 Å². The summed E-state index contributed by atoms with van der Waals surface area (Å²) in [5.41, 5.74) is 2.91. The van der Waals surface area contributed by atoms with Gasteiger partial charge in [-0.25, -0.2) is 8.78 Å². The number of piperazine rings is 1. The van der Waals surface area contributed by atoms with Crippen molar-refractivity contribution in [3.05, 3.63) is 77.0 Å². The number of amides is 1. The summed E-state index contributed by atoms with van der Waals surface area (Å²) >= 11 is 0. The van der Waals surface area contributed by atoms with Gasteiger partial charge in [-0.05, 0) is 53.9 Å². The summed E-state index contributed by atoms with van der Waals surface area (Å²) in [5, 5.41) is 3.60. The molecule has 1 unspecified atom stereocenters. The Morgan fingerprint density at radius 3 is 2.85 bits per heavy atom. The number of benzene rings is 2. The first-order chi connectivity index (χ1) is 13.0. The third-order valence-corrected chi connectivity index (χ3v) is 4.96. The Kier molecular flexibility index (Phi) is 4.58. The van der Waals surface area contributed by atoms with Crippen molar-refractivity contribution in [2.24, 2.45) is 0 Å². The van der Waals surface area contributed by atoms with Gasteiger partial charge >= 0.3 is 0 Å². The number of carbonyl (C=O) groups excluding carboxylic acids is 1. The Morgan fingerprint density at radius 1 is 1.19 bits per heavy atom. The van der Waals surface area contributed by atoms with Crippen LogP contribution < -0.4 is 5.32 Å². The van der Waals surface area contributed by atoms with E-state index in [1.807, 2.05) is 11.0 Å².